The highest BCUT2D eigenvalue weighted by atomic mass is 35.5. The third-order valence-electron chi connectivity index (χ3n) is 1.09. The van der Waals surface area contributed by atoms with Crippen molar-refractivity contribution in [3.63, 3.8) is 0 Å². The molecule has 0 unspecified atom stereocenters. The minimum Gasteiger partial charge on any atom is -0.263 e. The van der Waals surface area contributed by atoms with E-state index in [1.807, 2.05) is 0 Å². The largest absolute Gasteiger partial charge is 0.332 e. The van der Waals surface area contributed by atoms with Gasteiger partial charge in [-0.25, -0.2) is 0 Å². The summed E-state index contributed by atoms with van der Waals surface area (Å²) in [5, 5.41) is 0.587. The molecule has 6 heteroatoms. The van der Waals surface area contributed by atoms with Crippen molar-refractivity contribution in [2.24, 2.45) is 4.47 Å². The summed E-state index contributed by atoms with van der Waals surface area (Å²) in [5.74, 6) is 0. The Kier molecular flexibility index (Phi) is 3.07. The van der Waals surface area contributed by atoms with Crippen LogP contribution in [0.1, 0.15) is 0 Å². The quantitative estimate of drug-likeness (QED) is 0.747. The Morgan fingerprint density at radius 3 is 2.33 bits per heavy atom. The Bertz CT molecular complexity index is 377. The van der Waals surface area contributed by atoms with Gasteiger partial charge in [0.15, 0.2) is 0 Å². The van der Waals surface area contributed by atoms with Gasteiger partial charge in [0.05, 0.1) is 5.69 Å². The van der Waals surface area contributed by atoms with E-state index in [4.69, 9.17) is 11.6 Å². The number of rotatable bonds is 2. The first-order valence-corrected chi connectivity index (χ1v) is 4.41. The van der Waals surface area contributed by atoms with Crippen molar-refractivity contribution in [3.8, 4) is 0 Å². The van der Waals surface area contributed by atoms with E-state index in [9.17, 15) is 8.42 Å². The lowest BCUT2D eigenvalue weighted by molar-refractivity contribution is 0.621. The van der Waals surface area contributed by atoms with Crippen molar-refractivity contribution < 1.29 is 8.42 Å². The normalized spacial score (nSPS) is 9.08. The maximum Gasteiger partial charge on any atom is 0.332 e. The van der Waals surface area contributed by atoms with Gasteiger partial charge < -0.3 is 0 Å². The lowest BCUT2D eigenvalue weighted by atomic mass is 10.3. The molecule has 0 aliphatic heterocycles. The highest BCUT2D eigenvalue weighted by molar-refractivity contribution is 7.61. The summed E-state index contributed by atoms with van der Waals surface area (Å²) in [4.78, 5) is 0. The molecule has 0 radical (unpaired) electrons. The molecule has 0 atom stereocenters. The summed E-state index contributed by atoms with van der Waals surface area (Å²) in [5.41, 5.74) is 2.90. The first-order valence-electron chi connectivity index (χ1n) is 3.00. The van der Waals surface area contributed by atoms with Gasteiger partial charge in [-0.15, -0.1) is 0 Å². The van der Waals surface area contributed by atoms with Crippen molar-refractivity contribution in [2.45, 2.75) is 0 Å². The number of hydrogen-bond acceptors (Lipinski definition) is 3. The molecular weight excluding hydrogens is 200 g/mol. The Balaban J connectivity index is 2.78. The van der Waals surface area contributed by atoms with E-state index in [1.165, 1.54) is 0 Å². The smallest absolute Gasteiger partial charge is 0.263 e. The van der Waals surface area contributed by atoms with Crippen molar-refractivity contribution in [2.75, 3.05) is 5.43 Å². The molecule has 0 spiro atoms. The highest BCUT2D eigenvalue weighted by Crippen LogP contribution is 2.12. The van der Waals surface area contributed by atoms with Crippen LogP contribution in [0, 0.1) is 0 Å². The lowest BCUT2D eigenvalue weighted by Gasteiger charge is -1.95. The third-order valence-corrected chi connectivity index (χ3v) is 1.59. The molecule has 1 rings (SSSR count). The minimum atomic E-state index is -2.44. The fraction of sp³-hybridized carbons (Fsp3) is 0. The highest BCUT2D eigenvalue weighted by Gasteiger charge is 1.88. The zero-order valence-electron chi connectivity index (χ0n) is 5.86. The summed E-state index contributed by atoms with van der Waals surface area (Å²) in [6, 6.07) is 6.51. The van der Waals surface area contributed by atoms with Crippen LogP contribution in [0.5, 0.6) is 0 Å². The first kappa shape index (κ1) is 9.02. The van der Waals surface area contributed by atoms with Gasteiger partial charge in [0, 0.05) is 5.02 Å². The SMILES string of the molecule is O=S(=O)=NNc1ccc(Cl)cc1. The molecule has 0 aliphatic rings. The number of benzene rings is 1. The van der Waals surface area contributed by atoms with Crippen LogP contribution in [-0.4, -0.2) is 8.42 Å². The molecule has 12 heavy (non-hydrogen) atoms. The van der Waals surface area contributed by atoms with Gasteiger partial charge in [-0.2, -0.15) is 8.42 Å². The molecule has 0 bridgehead atoms. The number of nitrogens with zero attached hydrogens (tertiary/aromatic N) is 1. The molecule has 1 aromatic carbocycles. The van der Waals surface area contributed by atoms with Crippen LogP contribution in [0.3, 0.4) is 0 Å². The topological polar surface area (TPSA) is 58.5 Å². The van der Waals surface area contributed by atoms with Crippen LogP contribution in [0.2, 0.25) is 5.02 Å². The Labute approximate surface area is 75.8 Å². The summed E-state index contributed by atoms with van der Waals surface area (Å²) in [6.07, 6.45) is 0. The number of nitrogens with one attached hydrogen (secondary N) is 1. The fourth-order valence-corrected chi connectivity index (χ4v) is 0.920. The summed E-state index contributed by atoms with van der Waals surface area (Å²) < 4.78 is 23.0. The van der Waals surface area contributed by atoms with E-state index in [1.54, 1.807) is 24.3 Å². The third kappa shape index (κ3) is 2.89. The zero-order valence-corrected chi connectivity index (χ0v) is 7.43. The Morgan fingerprint density at radius 1 is 1.25 bits per heavy atom. The number of anilines is 1. The van der Waals surface area contributed by atoms with Crippen molar-refractivity contribution in [1.82, 2.24) is 0 Å². The Hall–Kier alpha value is -1.07. The maximum atomic E-state index is 9.98. The van der Waals surface area contributed by atoms with Crippen LogP contribution in [0.4, 0.5) is 5.69 Å². The second kappa shape index (κ2) is 4.08. The van der Waals surface area contributed by atoms with Gasteiger partial charge >= 0.3 is 10.5 Å². The van der Waals surface area contributed by atoms with Crippen LogP contribution >= 0.6 is 11.6 Å². The van der Waals surface area contributed by atoms with E-state index in [2.05, 4.69) is 9.90 Å². The molecule has 0 aliphatic carbocycles. The molecule has 4 nitrogen and oxygen atoms in total. The van der Waals surface area contributed by atoms with Gasteiger partial charge in [0.25, 0.3) is 0 Å². The van der Waals surface area contributed by atoms with Gasteiger partial charge in [-0.05, 0) is 24.3 Å². The fourth-order valence-electron chi connectivity index (χ4n) is 0.614. The van der Waals surface area contributed by atoms with E-state index in [-0.39, 0.29) is 0 Å². The first-order chi connectivity index (χ1) is 5.68. The minimum absolute atomic E-state index is 0.573. The molecule has 0 fully saturated rings. The van der Waals surface area contributed by atoms with E-state index >= 15 is 0 Å². The predicted octanol–water partition coefficient (Wildman–Crippen LogP) is 1.73. The molecule has 1 N–H and O–H groups in total. The van der Waals surface area contributed by atoms with Crippen molar-refractivity contribution in [3.05, 3.63) is 29.3 Å². The Morgan fingerprint density at radius 2 is 1.83 bits per heavy atom. The molecule has 0 saturated carbocycles. The van der Waals surface area contributed by atoms with E-state index in [0.717, 1.165) is 0 Å². The van der Waals surface area contributed by atoms with E-state index in [0.29, 0.717) is 10.7 Å². The monoisotopic (exact) mass is 204 g/mol. The van der Waals surface area contributed by atoms with Gasteiger partial charge in [-0.1, -0.05) is 16.1 Å². The average Bonchev–Trinajstić information content (AvgIpc) is 2.03. The predicted molar refractivity (Wildman–Crippen MR) is 46.4 cm³/mol. The van der Waals surface area contributed by atoms with Crippen LogP contribution in [-0.2, 0) is 10.5 Å². The van der Waals surface area contributed by atoms with Crippen molar-refractivity contribution in [1.29, 1.82) is 0 Å². The molecule has 0 amide bonds. The summed E-state index contributed by atoms with van der Waals surface area (Å²) in [7, 11) is -2.44. The second-order valence-corrected chi connectivity index (χ2v) is 2.98. The van der Waals surface area contributed by atoms with Crippen LogP contribution in [0.25, 0.3) is 0 Å². The molecule has 0 saturated heterocycles. The van der Waals surface area contributed by atoms with Crippen LogP contribution < -0.4 is 5.43 Å². The van der Waals surface area contributed by atoms with Gasteiger partial charge in [0.2, 0.25) is 0 Å². The van der Waals surface area contributed by atoms with Crippen LogP contribution in [0.15, 0.2) is 28.7 Å². The number of hydrogen-bond donors (Lipinski definition) is 1. The van der Waals surface area contributed by atoms with Gasteiger partial charge in [-0.3, -0.25) is 5.43 Å². The lowest BCUT2D eigenvalue weighted by Crippen LogP contribution is -1.85. The molecule has 0 heterocycles. The molecule has 1 aromatic rings. The molecule has 64 valence electrons. The zero-order chi connectivity index (χ0) is 8.97. The average molecular weight is 205 g/mol. The number of halogens is 1. The maximum absolute atomic E-state index is 9.98. The van der Waals surface area contributed by atoms with Gasteiger partial charge in [0.1, 0.15) is 0 Å². The van der Waals surface area contributed by atoms with Crippen molar-refractivity contribution >= 4 is 27.8 Å². The standard InChI is InChI=1S/C6H5ClN2O2S/c7-5-1-3-6(4-2-5)8-9-12(10)11/h1-4,8H. The summed E-state index contributed by atoms with van der Waals surface area (Å²) in [6.45, 7) is 0. The van der Waals surface area contributed by atoms with E-state index < -0.39 is 10.5 Å². The molecule has 0 aromatic heterocycles. The summed E-state index contributed by atoms with van der Waals surface area (Å²) >= 11 is 5.59. The second-order valence-electron chi connectivity index (χ2n) is 1.93. The molecular formula is C6H5ClN2O2S.